The fourth-order valence-corrected chi connectivity index (χ4v) is 3.17. The van der Waals surface area contributed by atoms with E-state index in [1.54, 1.807) is 0 Å². The molecule has 0 aromatic carbocycles. The molecule has 0 bridgehead atoms. The van der Waals surface area contributed by atoms with E-state index < -0.39 is 8.07 Å². The maximum absolute atomic E-state index is 12.0. The SMILES string of the molecule is CC(C)(C)[C@H]1CCC(=O)[C@@H](CC#C[Si](C)(C)C)C1. The summed E-state index contributed by atoms with van der Waals surface area (Å²) in [6.45, 7) is 13.6. The molecule has 1 saturated carbocycles. The number of ketones is 1. The van der Waals surface area contributed by atoms with Crippen LogP contribution in [0.3, 0.4) is 0 Å². The highest BCUT2D eigenvalue weighted by Crippen LogP contribution is 2.39. The van der Waals surface area contributed by atoms with E-state index in [1.165, 1.54) is 0 Å². The summed E-state index contributed by atoms with van der Waals surface area (Å²) in [4.78, 5) is 12.0. The van der Waals surface area contributed by atoms with Crippen molar-refractivity contribution in [2.75, 3.05) is 0 Å². The van der Waals surface area contributed by atoms with E-state index in [1.807, 2.05) is 0 Å². The van der Waals surface area contributed by atoms with Gasteiger partial charge in [0, 0.05) is 18.8 Å². The molecular weight excluding hydrogens is 236 g/mol. The van der Waals surface area contributed by atoms with E-state index in [4.69, 9.17) is 0 Å². The summed E-state index contributed by atoms with van der Waals surface area (Å²) in [7, 11) is -1.29. The number of carbonyl (C=O) groups excluding carboxylic acids is 1. The molecule has 0 aromatic heterocycles. The van der Waals surface area contributed by atoms with Gasteiger partial charge in [0.05, 0.1) is 0 Å². The van der Waals surface area contributed by atoms with Gasteiger partial charge >= 0.3 is 0 Å². The van der Waals surface area contributed by atoms with E-state index in [-0.39, 0.29) is 5.92 Å². The lowest BCUT2D eigenvalue weighted by molar-refractivity contribution is -0.126. The number of hydrogen-bond donors (Lipinski definition) is 0. The Balaban J connectivity index is 2.63. The summed E-state index contributed by atoms with van der Waals surface area (Å²) in [5.74, 6) is 4.61. The lowest BCUT2D eigenvalue weighted by Crippen LogP contribution is -2.32. The average molecular weight is 264 g/mol. The third-order valence-electron chi connectivity index (χ3n) is 3.80. The number of carbonyl (C=O) groups is 1. The fourth-order valence-electron chi connectivity index (χ4n) is 2.54. The first-order valence-electron chi connectivity index (χ1n) is 7.12. The first-order chi connectivity index (χ1) is 8.09. The Hall–Kier alpha value is -0.553. The molecule has 2 heteroatoms. The lowest BCUT2D eigenvalue weighted by atomic mass is 9.68. The van der Waals surface area contributed by atoms with Crippen molar-refractivity contribution in [3.8, 4) is 11.5 Å². The number of Topliss-reactive ketones (excluding diaryl/α,β-unsaturated/α-hetero) is 1. The zero-order valence-electron chi connectivity index (χ0n) is 12.9. The van der Waals surface area contributed by atoms with E-state index in [0.29, 0.717) is 17.1 Å². The van der Waals surface area contributed by atoms with Crippen LogP contribution in [-0.4, -0.2) is 13.9 Å². The second-order valence-electron chi connectivity index (χ2n) is 7.76. The van der Waals surface area contributed by atoms with Gasteiger partial charge in [0.2, 0.25) is 0 Å². The van der Waals surface area contributed by atoms with Crippen molar-refractivity contribution >= 4 is 13.9 Å². The van der Waals surface area contributed by atoms with Gasteiger partial charge in [-0.15, -0.1) is 11.5 Å². The van der Waals surface area contributed by atoms with Gasteiger partial charge in [-0.3, -0.25) is 4.79 Å². The maximum atomic E-state index is 12.0. The second kappa shape index (κ2) is 5.61. The van der Waals surface area contributed by atoms with Crippen LogP contribution in [0.5, 0.6) is 0 Å². The molecule has 0 aliphatic heterocycles. The van der Waals surface area contributed by atoms with Crippen molar-refractivity contribution in [3.63, 3.8) is 0 Å². The van der Waals surface area contributed by atoms with Crippen LogP contribution in [0.4, 0.5) is 0 Å². The molecule has 0 unspecified atom stereocenters. The third-order valence-corrected chi connectivity index (χ3v) is 4.73. The van der Waals surface area contributed by atoms with Crippen molar-refractivity contribution < 1.29 is 4.79 Å². The molecule has 0 aromatic rings. The van der Waals surface area contributed by atoms with Gasteiger partial charge < -0.3 is 0 Å². The highest BCUT2D eigenvalue weighted by molar-refractivity contribution is 6.83. The minimum Gasteiger partial charge on any atom is -0.299 e. The van der Waals surface area contributed by atoms with Gasteiger partial charge in [-0.25, -0.2) is 0 Å². The fraction of sp³-hybridized carbons (Fsp3) is 0.812. The van der Waals surface area contributed by atoms with Crippen LogP contribution in [0, 0.1) is 28.7 Å². The first-order valence-corrected chi connectivity index (χ1v) is 10.6. The molecule has 1 nitrogen and oxygen atoms in total. The molecule has 0 radical (unpaired) electrons. The van der Waals surface area contributed by atoms with Crippen LogP contribution in [0.25, 0.3) is 0 Å². The van der Waals surface area contributed by atoms with Crippen LogP contribution >= 0.6 is 0 Å². The summed E-state index contributed by atoms with van der Waals surface area (Å²) in [5, 5.41) is 0. The van der Waals surface area contributed by atoms with Crippen molar-refractivity contribution in [2.24, 2.45) is 17.3 Å². The predicted octanol–water partition coefficient (Wildman–Crippen LogP) is 4.29. The predicted molar refractivity (Wildman–Crippen MR) is 81.0 cm³/mol. The monoisotopic (exact) mass is 264 g/mol. The summed E-state index contributed by atoms with van der Waals surface area (Å²) in [5.41, 5.74) is 3.70. The van der Waals surface area contributed by atoms with Crippen LogP contribution < -0.4 is 0 Å². The molecule has 2 atom stereocenters. The van der Waals surface area contributed by atoms with Gasteiger partial charge in [-0.1, -0.05) is 40.4 Å². The summed E-state index contributed by atoms with van der Waals surface area (Å²) >= 11 is 0. The molecule has 0 saturated heterocycles. The highest BCUT2D eigenvalue weighted by Gasteiger charge is 2.34. The van der Waals surface area contributed by atoms with Crippen molar-refractivity contribution in [3.05, 3.63) is 0 Å². The molecule has 1 fully saturated rings. The van der Waals surface area contributed by atoms with Crippen LogP contribution in [0.15, 0.2) is 0 Å². The maximum Gasteiger partial charge on any atom is 0.136 e. The van der Waals surface area contributed by atoms with E-state index in [9.17, 15) is 4.79 Å². The molecular formula is C16H28OSi. The zero-order valence-corrected chi connectivity index (χ0v) is 13.9. The lowest BCUT2D eigenvalue weighted by Gasteiger charge is -2.36. The van der Waals surface area contributed by atoms with Crippen molar-refractivity contribution in [1.29, 1.82) is 0 Å². The normalized spacial score (nSPS) is 25.6. The Morgan fingerprint density at radius 3 is 2.39 bits per heavy atom. The van der Waals surface area contributed by atoms with E-state index in [2.05, 4.69) is 51.9 Å². The van der Waals surface area contributed by atoms with Crippen LogP contribution in [0.1, 0.15) is 46.5 Å². The van der Waals surface area contributed by atoms with E-state index >= 15 is 0 Å². The van der Waals surface area contributed by atoms with Crippen molar-refractivity contribution in [2.45, 2.75) is 66.1 Å². The largest absolute Gasteiger partial charge is 0.299 e. The Bertz CT molecular complexity index is 359. The van der Waals surface area contributed by atoms with Gasteiger partial charge in [0.25, 0.3) is 0 Å². The molecule has 0 amide bonds. The van der Waals surface area contributed by atoms with E-state index in [0.717, 1.165) is 25.7 Å². The summed E-state index contributed by atoms with van der Waals surface area (Å²) < 4.78 is 0. The Morgan fingerprint density at radius 2 is 1.89 bits per heavy atom. The molecule has 102 valence electrons. The topological polar surface area (TPSA) is 17.1 Å². The Kier molecular flexibility index (Phi) is 4.83. The van der Waals surface area contributed by atoms with Gasteiger partial charge in [0.1, 0.15) is 13.9 Å². The first kappa shape index (κ1) is 15.5. The molecule has 0 spiro atoms. The average Bonchev–Trinajstić information content (AvgIpc) is 2.17. The minimum absolute atomic E-state index is 0.201. The number of rotatable bonds is 1. The summed E-state index contributed by atoms with van der Waals surface area (Å²) in [6, 6.07) is 0. The molecule has 1 rings (SSSR count). The minimum atomic E-state index is -1.29. The zero-order chi connectivity index (χ0) is 14.0. The number of hydrogen-bond acceptors (Lipinski definition) is 1. The van der Waals surface area contributed by atoms with Crippen LogP contribution in [-0.2, 0) is 4.79 Å². The Labute approximate surface area is 114 Å². The van der Waals surface area contributed by atoms with Crippen LogP contribution in [0.2, 0.25) is 19.6 Å². The van der Waals surface area contributed by atoms with Crippen molar-refractivity contribution in [1.82, 2.24) is 0 Å². The third kappa shape index (κ3) is 4.98. The highest BCUT2D eigenvalue weighted by atomic mass is 28.3. The Morgan fingerprint density at radius 1 is 1.28 bits per heavy atom. The molecule has 18 heavy (non-hydrogen) atoms. The molecule has 1 aliphatic rings. The molecule has 0 heterocycles. The second-order valence-corrected chi connectivity index (χ2v) is 12.5. The summed E-state index contributed by atoms with van der Waals surface area (Å²) in [6.07, 6.45) is 3.67. The molecule has 0 N–H and O–H groups in total. The van der Waals surface area contributed by atoms with Gasteiger partial charge in [-0.05, 0) is 24.2 Å². The van der Waals surface area contributed by atoms with Gasteiger partial charge in [-0.2, -0.15) is 0 Å². The smallest absolute Gasteiger partial charge is 0.136 e. The molecule has 1 aliphatic carbocycles. The van der Waals surface area contributed by atoms with Gasteiger partial charge in [0.15, 0.2) is 0 Å². The standard InChI is InChI=1S/C16H28OSi/c1-16(2,3)14-9-10-15(17)13(12-14)8-7-11-18(4,5)6/h13-14H,8-10,12H2,1-6H3/t13-,14-/m0/s1. The quantitative estimate of drug-likeness (QED) is 0.510.